The van der Waals surface area contributed by atoms with Gasteiger partial charge in [0.05, 0.1) is 11.6 Å². The number of carbonyl (C=O) groups excluding carboxylic acids is 1. The first-order valence-electron chi connectivity index (χ1n) is 8.33. The Bertz CT molecular complexity index is 317. The standard InChI is InChI=1S/C16H33N3O2/c1-5-9-18-16(4,15(17)20)12-13(3)19-10-7-14(8-11-19)21-6-2/h13-14,18H,5-12H2,1-4H3,(H2,17,20). The van der Waals surface area contributed by atoms with Gasteiger partial charge < -0.3 is 20.7 Å². The van der Waals surface area contributed by atoms with E-state index >= 15 is 0 Å². The van der Waals surface area contributed by atoms with E-state index in [0.29, 0.717) is 12.1 Å². The van der Waals surface area contributed by atoms with Crippen molar-refractivity contribution in [3.05, 3.63) is 0 Å². The third-order valence-electron chi connectivity index (χ3n) is 4.51. The first-order valence-corrected chi connectivity index (χ1v) is 8.33. The molecule has 3 N–H and O–H groups in total. The number of hydrogen-bond acceptors (Lipinski definition) is 4. The van der Waals surface area contributed by atoms with E-state index in [-0.39, 0.29) is 5.91 Å². The summed E-state index contributed by atoms with van der Waals surface area (Å²) in [5, 5.41) is 3.32. The van der Waals surface area contributed by atoms with Crippen LogP contribution in [0.25, 0.3) is 0 Å². The lowest BCUT2D eigenvalue weighted by atomic mass is 9.91. The zero-order chi connectivity index (χ0) is 15.9. The van der Waals surface area contributed by atoms with E-state index in [9.17, 15) is 4.79 Å². The zero-order valence-electron chi connectivity index (χ0n) is 14.2. The lowest BCUT2D eigenvalue weighted by Crippen LogP contribution is -2.57. The van der Waals surface area contributed by atoms with Crippen molar-refractivity contribution in [1.29, 1.82) is 0 Å². The molecule has 0 aromatic rings. The molecule has 0 aromatic heterocycles. The molecule has 1 amide bonds. The van der Waals surface area contributed by atoms with Gasteiger partial charge in [-0.05, 0) is 53.0 Å². The fourth-order valence-corrected chi connectivity index (χ4v) is 3.10. The minimum Gasteiger partial charge on any atom is -0.378 e. The Kier molecular flexibility index (Phi) is 7.63. The van der Waals surface area contributed by atoms with Gasteiger partial charge in [0.15, 0.2) is 0 Å². The van der Waals surface area contributed by atoms with Gasteiger partial charge in [0, 0.05) is 25.7 Å². The number of piperidine rings is 1. The Morgan fingerprint density at radius 1 is 1.43 bits per heavy atom. The topological polar surface area (TPSA) is 67.6 Å². The van der Waals surface area contributed by atoms with Crippen molar-refractivity contribution in [2.45, 2.75) is 71.1 Å². The average molecular weight is 299 g/mol. The predicted octanol–water partition coefficient (Wildman–Crippen LogP) is 1.51. The summed E-state index contributed by atoms with van der Waals surface area (Å²) in [5.41, 5.74) is 4.99. The van der Waals surface area contributed by atoms with Gasteiger partial charge in [-0.25, -0.2) is 0 Å². The molecule has 1 rings (SSSR count). The number of hydrogen-bond donors (Lipinski definition) is 2. The van der Waals surface area contributed by atoms with Gasteiger partial charge in [0.25, 0.3) is 0 Å². The van der Waals surface area contributed by atoms with E-state index < -0.39 is 5.54 Å². The minimum atomic E-state index is -0.619. The molecule has 1 aliphatic heterocycles. The average Bonchev–Trinajstić information content (AvgIpc) is 2.46. The Morgan fingerprint density at radius 3 is 2.52 bits per heavy atom. The van der Waals surface area contributed by atoms with Crippen molar-refractivity contribution < 1.29 is 9.53 Å². The molecule has 0 aromatic carbocycles. The Morgan fingerprint density at radius 2 is 2.05 bits per heavy atom. The summed E-state index contributed by atoms with van der Waals surface area (Å²) in [4.78, 5) is 14.3. The van der Waals surface area contributed by atoms with Crippen LogP contribution in [0.2, 0.25) is 0 Å². The molecule has 0 radical (unpaired) electrons. The van der Waals surface area contributed by atoms with Crippen LogP contribution in [0, 0.1) is 0 Å². The highest BCUT2D eigenvalue weighted by atomic mass is 16.5. The number of rotatable bonds is 9. The molecular weight excluding hydrogens is 266 g/mol. The zero-order valence-corrected chi connectivity index (χ0v) is 14.2. The molecule has 5 nitrogen and oxygen atoms in total. The van der Waals surface area contributed by atoms with E-state index in [0.717, 1.165) is 51.9 Å². The van der Waals surface area contributed by atoms with Crippen LogP contribution in [-0.4, -0.2) is 54.7 Å². The number of ether oxygens (including phenoxy) is 1. The lowest BCUT2D eigenvalue weighted by molar-refractivity contribution is -0.124. The van der Waals surface area contributed by atoms with Crippen molar-refractivity contribution >= 4 is 5.91 Å². The van der Waals surface area contributed by atoms with Crippen LogP contribution in [0.5, 0.6) is 0 Å². The van der Waals surface area contributed by atoms with Gasteiger partial charge in [-0.1, -0.05) is 6.92 Å². The summed E-state index contributed by atoms with van der Waals surface area (Å²) in [7, 11) is 0. The van der Waals surface area contributed by atoms with Crippen LogP contribution in [0.3, 0.4) is 0 Å². The fraction of sp³-hybridized carbons (Fsp3) is 0.938. The van der Waals surface area contributed by atoms with Crippen molar-refractivity contribution in [3.63, 3.8) is 0 Å². The maximum atomic E-state index is 11.8. The highest BCUT2D eigenvalue weighted by molar-refractivity contribution is 5.84. The third kappa shape index (κ3) is 5.57. The Balaban J connectivity index is 2.50. The van der Waals surface area contributed by atoms with Gasteiger partial charge in [-0.3, -0.25) is 4.79 Å². The Hall–Kier alpha value is -0.650. The number of nitrogens with one attached hydrogen (secondary N) is 1. The van der Waals surface area contributed by atoms with Gasteiger partial charge in [-0.2, -0.15) is 0 Å². The molecular formula is C16H33N3O2. The van der Waals surface area contributed by atoms with Crippen molar-refractivity contribution in [1.82, 2.24) is 10.2 Å². The summed E-state index contributed by atoms with van der Waals surface area (Å²) in [5.74, 6) is -0.257. The molecule has 5 heteroatoms. The molecule has 1 fully saturated rings. The molecule has 0 saturated carbocycles. The van der Waals surface area contributed by atoms with Crippen LogP contribution in [0.15, 0.2) is 0 Å². The molecule has 2 atom stereocenters. The molecule has 2 unspecified atom stereocenters. The number of carbonyl (C=O) groups is 1. The summed E-state index contributed by atoms with van der Waals surface area (Å²) >= 11 is 0. The van der Waals surface area contributed by atoms with Gasteiger partial charge >= 0.3 is 0 Å². The predicted molar refractivity (Wildman–Crippen MR) is 86.2 cm³/mol. The molecule has 21 heavy (non-hydrogen) atoms. The number of nitrogens with zero attached hydrogens (tertiary/aromatic N) is 1. The first kappa shape index (κ1) is 18.4. The van der Waals surface area contributed by atoms with Crippen LogP contribution >= 0.6 is 0 Å². The molecule has 0 spiro atoms. The Labute approximate surface area is 129 Å². The van der Waals surface area contributed by atoms with Crippen LogP contribution in [0.1, 0.15) is 53.4 Å². The summed E-state index contributed by atoms with van der Waals surface area (Å²) in [6.45, 7) is 11.9. The molecule has 1 aliphatic rings. The maximum absolute atomic E-state index is 11.8. The SMILES string of the molecule is CCCNC(C)(CC(C)N1CCC(OCC)CC1)C(N)=O. The van der Waals surface area contributed by atoms with Gasteiger partial charge in [0.2, 0.25) is 5.91 Å². The van der Waals surface area contributed by atoms with E-state index in [1.54, 1.807) is 0 Å². The summed E-state index contributed by atoms with van der Waals surface area (Å²) < 4.78 is 5.69. The van der Waals surface area contributed by atoms with E-state index in [4.69, 9.17) is 10.5 Å². The van der Waals surface area contributed by atoms with Crippen molar-refractivity contribution in [2.75, 3.05) is 26.2 Å². The fourth-order valence-electron chi connectivity index (χ4n) is 3.10. The van der Waals surface area contributed by atoms with Crippen molar-refractivity contribution in [2.24, 2.45) is 5.73 Å². The summed E-state index contributed by atoms with van der Waals surface area (Å²) in [6.07, 6.45) is 4.31. The van der Waals surface area contributed by atoms with Crippen molar-refractivity contribution in [3.8, 4) is 0 Å². The highest BCUT2D eigenvalue weighted by Gasteiger charge is 2.34. The van der Waals surface area contributed by atoms with E-state index in [1.165, 1.54) is 0 Å². The largest absolute Gasteiger partial charge is 0.378 e. The normalized spacial score (nSPS) is 21.9. The second-order valence-electron chi connectivity index (χ2n) is 6.37. The molecule has 0 bridgehead atoms. The van der Waals surface area contributed by atoms with E-state index in [2.05, 4.69) is 24.1 Å². The second-order valence-corrected chi connectivity index (χ2v) is 6.37. The lowest BCUT2D eigenvalue weighted by Gasteiger charge is -2.39. The van der Waals surface area contributed by atoms with Crippen LogP contribution in [-0.2, 0) is 9.53 Å². The van der Waals surface area contributed by atoms with Gasteiger partial charge in [-0.15, -0.1) is 0 Å². The number of amides is 1. The van der Waals surface area contributed by atoms with Gasteiger partial charge in [0.1, 0.15) is 0 Å². The number of likely N-dealkylation sites (tertiary alicyclic amines) is 1. The number of nitrogens with two attached hydrogens (primary N) is 1. The highest BCUT2D eigenvalue weighted by Crippen LogP contribution is 2.21. The minimum absolute atomic E-state index is 0.257. The smallest absolute Gasteiger partial charge is 0.237 e. The maximum Gasteiger partial charge on any atom is 0.237 e. The van der Waals surface area contributed by atoms with E-state index in [1.807, 2.05) is 13.8 Å². The summed E-state index contributed by atoms with van der Waals surface area (Å²) in [6, 6.07) is 0.342. The van der Waals surface area contributed by atoms with Crippen LogP contribution < -0.4 is 11.1 Å². The quantitative estimate of drug-likeness (QED) is 0.677. The first-order chi connectivity index (χ1) is 9.92. The molecule has 0 aliphatic carbocycles. The number of primary amides is 1. The second kappa shape index (κ2) is 8.71. The molecule has 1 saturated heterocycles. The van der Waals surface area contributed by atoms with Crippen LogP contribution in [0.4, 0.5) is 0 Å². The molecule has 124 valence electrons. The monoisotopic (exact) mass is 299 g/mol. The molecule has 1 heterocycles. The third-order valence-corrected chi connectivity index (χ3v) is 4.51.